The molecule has 0 bridgehead atoms. The van der Waals surface area contributed by atoms with Gasteiger partial charge < -0.3 is 19.4 Å². The smallest absolute Gasteiger partial charge is 0.169 e. The van der Waals surface area contributed by atoms with Crippen LogP contribution in [-0.4, -0.2) is 60.8 Å². The van der Waals surface area contributed by atoms with E-state index in [0.717, 1.165) is 75.4 Å². The fourth-order valence-electron chi connectivity index (χ4n) is 3.39. The molecule has 2 aromatic rings. The zero-order chi connectivity index (χ0) is 19.6. The topological polar surface area (TPSA) is 40.9 Å². The molecular weight excluding hydrogens is 370 g/mol. The number of hydrogen-bond acceptors (Lipinski definition) is 4. The van der Waals surface area contributed by atoms with Crippen LogP contribution >= 0.6 is 12.2 Å². The van der Waals surface area contributed by atoms with Gasteiger partial charge in [-0.15, -0.1) is 0 Å². The third kappa shape index (κ3) is 6.93. The number of hydrogen-bond donors (Lipinski definition) is 1. The Kier molecular flexibility index (Phi) is 8.33. The minimum Gasteiger partial charge on any atom is -0.464 e. The maximum Gasteiger partial charge on any atom is 0.169 e. The highest BCUT2D eigenvalue weighted by atomic mass is 32.1. The quantitative estimate of drug-likeness (QED) is 0.651. The largest absolute Gasteiger partial charge is 0.464 e. The van der Waals surface area contributed by atoms with Gasteiger partial charge in [0.05, 0.1) is 19.8 Å². The molecule has 1 aromatic heterocycles. The van der Waals surface area contributed by atoms with Gasteiger partial charge in [0, 0.05) is 32.7 Å². The van der Waals surface area contributed by atoms with Crippen molar-refractivity contribution in [3.63, 3.8) is 0 Å². The van der Waals surface area contributed by atoms with Crippen LogP contribution in [0.15, 0.2) is 46.9 Å². The normalized spacial score (nSPS) is 14.8. The van der Waals surface area contributed by atoms with E-state index in [1.807, 2.05) is 25.1 Å². The van der Waals surface area contributed by atoms with Crippen LogP contribution in [-0.2, 0) is 17.7 Å². The number of aryl methyl sites for hydroxylation is 1. The van der Waals surface area contributed by atoms with Gasteiger partial charge in [-0.25, -0.2) is 0 Å². The number of nitrogens with one attached hydrogen (secondary N) is 1. The predicted molar refractivity (Wildman–Crippen MR) is 116 cm³/mol. The van der Waals surface area contributed by atoms with E-state index in [1.165, 1.54) is 5.56 Å². The Morgan fingerprint density at radius 2 is 1.93 bits per heavy atom. The minimum atomic E-state index is 0.703. The first kappa shape index (κ1) is 20.8. The van der Waals surface area contributed by atoms with Gasteiger partial charge >= 0.3 is 0 Å². The number of nitrogens with zero attached hydrogens (tertiary/aromatic N) is 2. The van der Waals surface area contributed by atoms with Crippen LogP contribution in [0.2, 0.25) is 0 Å². The van der Waals surface area contributed by atoms with E-state index in [2.05, 4.69) is 39.4 Å². The maximum absolute atomic E-state index is 5.78. The van der Waals surface area contributed by atoms with E-state index in [4.69, 9.17) is 21.4 Å². The Hall–Kier alpha value is -1.89. The van der Waals surface area contributed by atoms with Crippen molar-refractivity contribution in [3.8, 4) is 0 Å². The Labute approximate surface area is 173 Å². The number of thiocarbonyl (C=S) groups is 1. The number of ether oxygens (including phenoxy) is 1. The second-order valence-corrected chi connectivity index (χ2v) is 7.60. The predicted octanol–water partition coefficient (Wildman–Crippen LogP) is 3.23. The summed E-state index contributed by atoms with van der Waals surface area (Å²) in [6.07, 6.45) is 2.03. The van der Waals surface area contributed by atoms with Gasteiger partial charge in [-0.2, -0.15) is 0 Å². The molecule has 0 radical (unpaired) electrons. The van der Waals surface area contributed by atoms with Crippen LogP contribution in [0, 0.1) is 6.92 Å². The second kappa shape index (κ2) is 11.2. The first-order valence-electron chi connectivity index (χ1n) is 10.1. The maximum atomic E-state index is 5.78. The van der Waals surface area contributed by atoms with Crippen LogP contribution in [0.4, 0.5) is 0 Å². The van der Waals surface area contributed by atoms with Crippen molar-refractivity contribution in [1.29, 1.82) is 0 Å². The molecule has 0 aliphatic carbocycles. The summed E-state index contributed by atoms with van der Waals surface area (Å²) in [7, 11) is 0. The van der Waals surface area contributed by atoms with E-state index in [9.17, 15) is 0 Å². The monoisotopic (exact) mass is 401 g/mol. The van der Waals surface area contributed by atoms with Crippen LogP contribution < -0.4 is 5.32 Å². The van der Waals surface area contributed by atoms with Crippen LogP contribution in [0.25, 0.3) is 0 Å². The van der Waals surface area contributed by atoms with Crippen molar-refractivity contribution < 1.29 is 9.15 Å². The summed E-state index contributed by atoms with van der Waals surface area (Å²) in [4.78, 5) is 4.68. The lowest BCUT2D eigenvalue weighted by atomic mass is 10.1. The van der Waals surface area contributed by atoms with Gasteiger partial charge in [-0.3, -0.25) is 4.90 Å². The molecule has 28 heavy (non-hydrogen) atoms. The molecule has 1 aliphatic rings. The van der Waals surface area contributed by atoms with Gasteiger partial charge in [0.1, 0.15) is 11.5 Å². The zero-order valence-corrected chi connectivity index (χ0v) is 17.5. The molecule has 0 atom stereocenters. The fraction of sp³-hybridized carbons (Fsp3) is 0.500. The van der Waals surface area contributed by atoms with Gasteiger partial charge in [-0.05, 0) is 49.7 Å². The molecule has 2 heterocycles. The second-order valence-electron chi connectivity index (χ2n) is 7.21. The highest BCUT2D eigenvalue weighted by Crippen LogP contribution is 2.11. The molecule has 0 saturated carbocycles. The average molecular weight is 402 g/mol. The number of rotatable bonds is 9. The molecule has 1 fully saturated rings. The molecule has 1 N–H and O–H groups in total. The van der Waals surface area contributed by atoms with Crippen molar-refractivity contribution in [2.24, 2.45) is 0 Å². The zero-order valence-electron chi connectivity index (χ0n) is 16.7. The summed E-state index contributed by atoms with van der Waals surface area (Å²) in [6, 6.07) is 14.5. The lowest BCUT2D eigenvalue weighted by molar-refractivity contribution is 0.0367. The Morgan fingerprint density at radius 1 is 1.14 bits per heavy atom. The lowest BCUT2D eigenvalue weighted by Crippen LogP contribution is -2.42. The third-order valence-corrected chi connectivity index (χ3v) is 5.37. The molecule has 5 nitrogen and oxygen atoms in total. The van der Waals surface area contributed by atoms with Gasteiger partial charge in [0.2, 0.25) is 0 Å². The highest BCUT2D eigenvalue weighted by Gasteiger charge is 2.14. The fourth-order valence-corrected chi connectivity index (χ4v) is 3.65. The summed E-state index contributed by atoms with van der Waals surface area (Å²) in [5, 5.41) is 4.23. The van der Waals surface area contributed by atoms with Gasteiger partial charge in [0.25, 0.3) is 0 Å². The Morgan fingerprint density at radius 3 is 2.64 bits per heavy atom. The Balaban J connectivity index is 1.49. The number of benzene rings is 1. The van der Waals surface area contributed by atoms with Crippen molar-refractivity contribution in [3.05, 3.63) is 59.5 Å². The SMILES string of the molecule is Cc1ccc(CN(CCCN2CCOCC2)C(=S)NCCc2ccccc2)o1. The molecule has 0 amide bonds. The van der Waals surface area contributed by atoms with Crippen molar-refractivity contribution in [1.82, 2.24) is 15.1 Å². The molecule has 1 aliphatic heterocycles. The molecular formula is C22H31N3O2S. The highest BCUT2D eigenvalue weighted by molar-refractivity contribution is 7.80. The molecule has 3 rings (SSSR count). The van der Waals surface area contributed by atoms with Gasteiger partial charge in [0.15, 0.2) is 5.11 Å². The van der Waals surface area contributed by atoms with Crippen molar-refractivity contribution in [2.75, 3.05) is 45.9 Å². The summed E-state index contributed by atoms with van der Waals surface area (Å²) < 4.78 is 11.2. The number of morpholine rings is 1. The van der Waals surface area contributed by atoms with Crippen LogP contribution in [0.5, 0.6) is 0 Å². The van der Waals surface area contributed by atoms with Gasteiger partial charge in [-0.1, -0.05) is 30.3 Å². The van der Waals surface area contributed by atoms with E-state index < -0.39 is 0 Å². The standard InChI is InChI=1S/C22H31N3O2S/c1-19-8-9-21(27-19)18-25(13-5-12-24-14-16-26-17-15-24)22(28)23-11-10-20-6-3-2-4-7-20/h2-4,6-9H,5,10-18H2,1H3,(H,23,28). The van der Waals surface area contributed by atoms with E-state index in [-0.39, 0.29) is 0 Å². The molecule has 0 spiro atoms. The molecule has 1 saturated heterocycles. The third-order valence-electron chi connectivity index (χ3n) is 4.97. The molecule has 6 heteroatoms. The first-order chi connectivity index (χ1) is 13.7. The van der Waals surface area contributed by atoms with E-state index in [0.29, 0.717) is 6.54 Å². The first-order valence-corrected chi connectivity index (χ1v) is 10.5. The number of furan rings is 1. The average Bonchev–Trinajstić information content (AvgIpc) is 3.13. The Bertz CT molecular complexity index is 714. The summed E-state index contributed by atoms with van der Waals surface area (Å²) >= 11 is 5.71. The minimum absolute atomic E-state index is 0.703. The summed E-state index contributed by atoms with van der Waals surface area (Å²) in [5.41, 5.74) is 1.32. The van der Waals surface area contributed by atoms with Crippen molar-refractivity contribution >= 4 is 17.3 Å². The van der Waals surface area contributed by atoms with E-state index in [1.54, 1.807) is 0 Å². The van der Waals surface area contributed by atoms with Crippen molar-refractivity contribution in [2.45, 2.75) is 26.3 Å². The summed E-state index contributed by atoms with van der Waals surface area (Å²) in [5.74, 6) is 1.89. The molecule has 152 valence electrons. The molecule has 0 unspecified atom stereocenters. The lowest BCUT2D eigenvalue weighted by Gasteiger charge is -2.29. The van der Waals surface area contributed by atoms with Crippen LogP contribution in [0.3, 0.4) is 0 Å². The van der Waals surface area contributed by atoms with E-state index >= 15 is 0 Å². The summed E-state index contributed by atoms with van der Waals surface area (Å²) in [6.45, 7) is 9.23. The van der Waals surface area contributed by atoms with Crippen LogP contribution in [0.1, 0.15) is 23.5 Å². The molecule has 1 aromatic carbocycles.